The van der Waals surface area contributed by atoms with Crippen molar-refractivity contribution in [2.45, 2.75) is 25.5 Å². The van der Waals surface area contributed by atoms with E-state index >= 15 is 0 Å². The summed E-state index contributed by atoms with van der Waals surface area (Å²) in [6.45, 7) is 4.57. The van der Waals surface area contributed by atoms with Gasteiger partial charge in [-0.1, -0.05) is 54.2 Å². The van der Waals surface area contributed by atoms with E-state index in [-0.39, 0.29) is 11.7 Å². The number of para-hydroxylation sites is 3. The summed E-state index contributed by atoms with van der Waals surface area (Å²) >= 11 is 1.38. The molecule has 0 unspecified atom stereocenters. The molecule has 1 amide bonds. The number of carbonyl (C=O) groups excluding carboxylic acids is 1. The fourth-order valence-electron chi connectivity index (χ4n) is 3.69. The summed E-state index contributed by atoms with van der Waals surface area (Å²) in [5.41, 5.74) is 4.97. The molecule has 0 aliphatic carbocycles. The van der Waals surface area contributed by atoms with Crippen molar-refractivity contribution in [2.24, 2.45) is 0 Å². The molecular formula is C27H29N5O2S. The zero-order valence-electron chi connectivity index (χ0n) is 20.4. The number of benzene rings is 3. The van der Waals surface area contributed by atoms with E-state index in [9.17, 15) is 4.79 Å². The first kappa shape index (κ1) is 24.3. The Morgan fingerprint density at radius 2 is 1.77 bits per heavy atom. The van der Waals surface area contributed by atoms with Gasteiger partial charge in [-0.3, -0.25) is 9.36 Å². The van der Waals surface area contributed by atoms with E-state index in [4.69, 9.17) is 4.74 Å². The molecule has 0 radical (unpaired) electrons. The lowest BCUT2D eigenvalue weighted by Crippen LogP contribution is -2.28. The molecule has 0 aliphatic heterocycles. The third-order valence-corrected chi connectivity index (χ3v) is 6.61. The molecule has 1 aromatic heterocycles. The SMILES string of the molecule is COc1ccccc1NCc1nnc(SCC(=O)N(C)c2ccccc2)n1-c1cc(C)ccc1C. The van der Waals surface area contributed by atoms with Crippen LogP contribution in [0, 0.1) is 13.8 Å². The molecule has 7 nitrogen and oxygen atoms in total. The summed E-state index contributed by atoms with van der Waals surface area (Å²) in [4.78, 5) is 14.6. The maximum atomic E-state index is 12.9. The summed E-state index contributed by atoms with van der Waals surface area (Å²) in [5.74, 6) is 1.74. The van der Waals surface area contributed by atoms with Gasteiger partial charge in [-0.2, -0.15) is 0 Å². The zero-order valence-corrected chi connectivity index (χ0v) is 21.2. The predicted octanol–water partition coefficient (Wildman–Crippen LogP) is 5.26. The van der Waals surface area contributed by atoms with Crippen molar-refractivity contribution in [2.75, 3.05) is 30.1 Å². The molecule has 4 rings (SSSR count). The van der Waals surface area contributed by atoms with Gasteiger partial charge < -0.3 is 15.0 Å². The minimum absolute atomic E-state index is 0.00888. The summed E-state index contributed by atoms with van der Waals surface area (Å²) in [6, 6.07) is 23.7. The van der Waals surface area contributed by atoms with Crippen molar-refractivity contribution in [3.63, 3.8) is 0 Å². The Bertz CT molecular complexity index is 1310. The normalized spacial score (nSPS) is 10.7. The van der Waals surface area contributed by atoms with Crippen molar-refractivity contribution in [3.05, 3.63) is 89.7 Å². The number of methoxy groups -OCH3 is 1. The number of aromatic nitrogens is 3. The third kappa shape index (κ3) is 5.66. The van der Waals surface area contributed by atoms with Gasteiger partial charge in [-0.05, 0) is 55.3 Å². The molecule has 0 aliphatic rings. The second-order valence-electron chi connectivity index (χ2n) is 8.15. The standard InChI is InChI=1S/C27H29N5O2S/c1-19-14-15-20(2)23(16-19)32-25(17-28-22-12-8-9-13-24(22)34-4)29-30-27(32)35-18-26(33)31(3)21-10-6-5-7-11-21/h5-16,28H,17-18H2,1-4H3. The van der Waals surface area contributed by atoms with E-state index in [1.165, 1.54) is 11.8 Å². The second-order valence-corrected chi connectivity index (χ2v) is 9.10. The lowest BCUT2D eigenvalue weighted by Gasteiger charge is -2.18. The fraction of sp³-hybridized carbons (Fsp3) is 0.222. The van der Waals surface area contributed by atoms with Gasteiger partial charge in [0.25, 0.3) is 0 Å². The van der Waals surface area contributed by atoms with E-state index < -0.39 is 0 Å². The minimum Gasteiger partial charge on any atom is -0.495 e. The van der Waals surface area contributed by atoms with Gasteiger partial charge in [0.1, 0.15) is 5.75 Å². The number of ether oxygens (including phenoxy) is 1. The lowest BCUT2D eigenvalue weighted by molar-refractivity contribution is -0.115. The van der Waals surface area contributed by atoms with Crippen LogP contribution in [0.2, 0.25) is 0 Å². The number of anilines is 2. The Hall–Kier alpha value is -3.78. The number of nitrogens with one attached hydrogen (secondary N) is 1. The Morgan fingerprint density at radius 3 is 2.54 bits per heavy atom. The Kier molecular flexibility index (Phi) is 7.72. The molecule has 3 aromatic carbocycles. The first-order valence-corrected chi connectivity index (χ1v) is 12.3. The summed E-state index contributed by atoms with van der Waals surface area (Å²) < 4.78 is 7.49. The van der Waals surface area contributed by atoms with Crippen LogP contribution in [-0.4, -0.2) is 40.6 Å². The Balaban J connectivity index is 1.60. The Labute approximate surface area is 210 Å². The molecule has 0 fully saturated rings. The third-order valence-electron chi connectivity index (χ3n) is 5.69. The minimum atomic E-state index is -0.00888. The molecule has 0 saturated carbocycles. The highest BCUT2D eigenvalue weighted by Crippen LogP contribution is 2.28. The van der Waals surface area contributed by atoms with Crippen LogP contribution in [0.5, 0.6) is 5.75 Å². The van der Waals surface area contributed by atoms with Gasteiger partial charge in [0, 0.05) is 12.7 Å². The average molecular weight is 488 g/mol. The van der Waals surface area contributed by atoms with Crippen molar-refractivity contribution in [3.8, 4) is 11.4 Å². The van der Waals surface area contributed by atoms with Crippen LogP contribution < -0.4 is 15.0 Å². The zero-order chi connectivity index (χ0) is 24.8. The summed E-state index contributed by atoms with van der Waals surface area (Å²) in [6.07, 6.45) is 0. The summed E-state index contributed by atoms with van der Waals surface area (Å²) in [7, 11) is 3.44. The van der Waals surface area contributed by atoms with Gasteiger partial charge in [0.15, 0.2) is 11.0 Å². The van der Waals surface area contributed by atoms with Crippen LogP contribution in [0.1, 0.15) is 17.0 Å². The number of aryl methyl sites for hydroxylation is 2. The fourth-order valence-corrected chi connectivity index (χ4v) is 4.57. The van der Waals surface area contributed by atoms with E-state index in [1.54, 1.807) is 19.1 Å². The quantitative estimate of drug-likeness (QED) is 0.325. The van der Waals surface area contributed by atoms with Crippen molar-refractivity contribution >= 4 is 29.0 Å². The molecule has 180 valence electrons. The average Bonchev–Trinajstić information content (AvgIpc) is 3.30. The highest BCUT2D eigenvalue weighted by atomic mass is 32.2. The summed E-state index contributed by atoms with van der Waals surface area (Å²) in [5, 5.41) is 13.0. The lowest BCUT2D eigenvalue weighted by atomic mass is 10.1. The molecule has 0 saturated heterocycles. The predicted molar refractivity (Wildman–Crippen MR) is 142 cm³/mol. The number of amides is 1. The second kappa shape index (κ2) is 11.1. The largest absolute Gasteiger partial charge is 0.495 e. The number of carbonyl (C=O) groups is 1. The van der Waals surface area contributed by atoms with Crippen LogP contribution in [-0.2, 0) is 11.3 Å². The topological polar surface area (TPSA) is 72.3 Å². The Morgan fingerprint density at radius 1 is 1.03 bits per heavy atom. The van der Waals surface area contributed by atoms with Gasteiger partial charge in [0.2, 0.25) is 5.91 Å². The highest BCUT2D eigenvalue weighted by Gasteiger charge is 2.19. The van der Waals surface area contributed by atoms with E-state index in [1.807, 2.05) is 59.2 Å². The molecule has 0 atom stereocenters. The van der Waals surface area contributed by atoms with Gasteiger partial charge >= 0.3 is 0 Å². The highest BCUT2D eigenvalue weighted by molar-refractivity contribution is 7.99. The first-order valence-electron chi connectivity index (χ1n) is 11.3. The van der Waals surface area contributed by atoms with Crippen LogP contribution in [0.25, 0.3) is 5.69 Å². The number of rotatable bonds is 9. The van der Waals surface area contributed by atoms with Gasteiger partial charge in [-0.15, -0.1) is 10.2 Å². The molecule has 8 heteroatoms. The molecule has 35 heavy (non-hydrogen) atoms. The molecule has 1 heterocycles. The smallest absolute Gasteiger partial charge is 0.237 e. The van der Waals surface area contributed by atoms with E-state index in [0.717, 1.165) is 39.8 Å². The van der Waals surface area contributed by atoms with Crippen LogP contribution >= 0.6 is 11.8 Å². The van der Waals surface area contributed by atoms with E-state index in [2.05, 4.69) is 47.6 Å². The maximum Gasteiger partial charge on any atom is 0.237 e. The molecule has 1 N–H and O–H groups in total. The van der Waals surface area contributed by atoms with Crippen LogP contribution in [0.15, 0.2) is 78.0 Å². The number of hydrogen-bond donors (Lipinski definition) is 1. The number of nitrogens with zero attached hydrogens (tertiary/aromatic N) is 4. The number of hydrogen-bond acceptors (Lipinski definition) is 6. The molecule has 0 bridgehead atoms. The van der Waals surface area contributed by atoms with Crippen molar-refractivity contribution in [1.82, 2.24) is 14.8 Å². The first-order chi connectivity index (χ1) is 17.0. The molecular weight excluding hydrogens is 458 g/mol. The molecule has 4 aromatic rings. The monoisotopic (exact) mass is 487 g/mol. The number of thioether (sulfide) groups is 1. The van der Waals surface area contributed by atoms with Crippen molar-refractivity contribution in [1.29, 1.82) is 0 Å². The van der Waals surface area contributed by atoms with Crippen molar-refractivity contribution < 1.29 is 9.53 Å². The van der Waals surface area contributed by atoms with Gasteiger partial charge in [0.05, 0.1) is 30.8 Å². The van der Waals surface area contributed by atoms with Crippen LogP contribution in [0.3, 0.4) is 0 Å². The van der Waals surface area contributed by atoms with Gasteiger partial charge in [-0.25, -0.2) is 0 Å². The maximum absolute atomic E-state index is 12.9. The van der Waals surface area contributed by atoms with Crippen LogP contribution in [0.4, 0.5) is 11.4 Å². The van der Waals surface area contributed by atoms with E-state index in [0.29, 0.717) is 11.7 Å². The molecule has 0 spiro atoms.